The zero-order valence-corrected chi connectivity index (χ0v) is 15.9. The largest absolute Gasteiger partial charge is 0.496 e. The van der Waals surface area contributed by atoms with E-state index in [1.165, 1.54) is 5.56 Å². The van der Waals surface area contributed by atoms with Gasteiger partial charge in [-0.05, 0) is 48.6 Å². The number of methoxy groups -OCH3 is 1. The Morgan fingerprint density at radius 2 is 2.04 bits per heavy atom. The monoisotopic (exact) mass is 365 g/mol. The average molecular weight is 365 g/mol. The second kappa shape index (κ2) is 7.33. The highest BCUT2D eigenvalue weighted by molar-refractivity contribution is 6.01. The molecule has 0 spiro atoms. The lowest BCUT2D eigenvalue weighted by Gasteiger charge is -2.37. The normalized spacial score (nSPS) is 23.2. The lowest BCUT2D eigenvalue weighted by atomic mass is 9.78. The number of hydrogen-bond acceptors (Lipinski definition) is 4. The molecule has 2 aliphatic rings. The Morgan fingerprint density at radius 3 is 2.78 bits per heavy atom. The van der Waals surface area contributed by atoms with Gasteiger partial charge in [0.2, 0.25) is 5.91 Å². The number of nitrogens with zero attached hydrogens (tertiary/aromatic N) is 1. The number of rotatable bonds is 4. The summed E-state index contributed by atoms with van der Waals surface area (Å²) in [6, 6.07) is 14.6. The predicted octanol–water partition coefficient (Wildman–Crippen LogP) is 2.95. The molecule has 27 heavy (non-hydrogen) atoms. The molecule has 0 aliphatic carbocycles. The van der Waals surface area contributed by atoms with E-state index in [4.69, 9.17) is 10.5 Å². The van der Waals surface area contributed by atoms with Crippen molar-refractivity contribution in [3.63, 3.8) is 0 Å². The first-order chi connectivity index (χ1) is 13.1. The molecule has 2 aromatic rings. The Kier molecular flexibility index (Phi) is 4.89. The first kappa shape index (κ1) is 18.0. The number of benzene rings is 2. The summed E-state index contributed by atoms with van der Waals surface area (Å²) in [6.07, 6.45) is 2.59. The third kappa shape index (κ3) is 3.22. The van der Waals surface area contributed by atoms with E-state index in [1.54, 1.807) is 12.0 Å². The molecule has 0 bridgehead atoms. The third-order valence-electron chi connectivity index (χ3n) is 5.99. The summed E-state index contributed by atoms with van der Waals surface area (Å²) in [5, 5.41) is 3.66. The van der Waals surface area contributed by atoms with Crippen molar-refractivity contribution >= 4 is 11.6 Å². The molecular weight excluding hydrogens is 338 g/mol. The fourth-order valence-electron chi connectivity index (χ4n) is 4.49. The van der Waals surface area contributed by atoms with Crippen LogP contribution in [0.2, 0.25) is 0 Å². The number of piperidine rings is 1. The van der Waals surface area contributed by atoms with Crippen molar-refractivity contribution in [2.75, 3.05) is 25.6 Å². The topological polar surface area (TPSA) is 67.6 Å². The molecule has 1 amide bonds. The van der Waals surface area contributed by atoms with Crippen molar-refractivity contribution in [1.82, 2.24) is 5.32 Å². The zero-order chi connectivity index (χ0) is 19.0. The second-order valence-corrected chi connectivity index (χ2v) is 7.53. The van der Waals surface area contributed by atoms with E-state index in [9.17, 15) is 4.79 Å². The van der Waals surface area contributed by atoms with Gasteiger partial charge in [-0.1, -0.05) is 30.3 Å². The van der Waals surface area contributed by atoms with Crippen LogP contribution in [0.3, 0.4) is 0 Å². The van der Waals surface area contributed by atoms with Crippen molar-refractivity contribution in [2.24, 2.45) is 11.7 Å². The number of amides is 1. The van der Waals surface area contributed by atoms with Gasteiger partial charge in [0.05, 0.1) is 13.5 Å². The number of hydrogen-bond donors (Lipinski definition) is 2. The van der Waals surface area contributed by atoms with E-state index in [2.05, 4.69) is 35.6 Å². The van der Waals surface area contributed by atoms with Crippen LogP contribution in [0.4, 0.5) is 5.69 Å². The number of fused-ring (bicyclic) bond motifs is 1. The van der Waals surface area contributed by atoms with Gasteiger partial charge in [0, 0.05) is 30.4 Å². The Morgan fingerprint density at radius 1 is 1.26 bits per heavy atom. The Balaban J connectivity index is 1.71. The quantitative estimate of drug-likeness (QED) is 0.874. The van der Waals surface area contributed by atoms with Gasteiger partial charge in [-0.15, -0.1) is 0 Å². The minimum Gasteiger partial charge on any atom is -0.496 e. The average Bonchev–Trinajstić information content (AvgIpc) is 3.00. The van der Waals surface area contributed by atoms with Crippen molar-refractivity contribution in [2.45, 2.75) is 31.3 Å². The van der Waals surface area contributed by atoms with Crippen LogP contribution in [-0.4, -0.2) is 26.6 Å². The molecule has 5 nitrogen and oxygen atoms in total. The van der Waals surface area contributed by atoms with Crippen LogP contribution in [0.15, 0.2) is 42.5 Å². The smallest absolute Gasteiger partial charge is 0.231 e. The van der Waals surface area contributed by atoms with Crippen LogP contribution in [0.5, 0.6) is 5.75 Å². The van der Waals surface area contributed by atoms with Crippen LogP contribution < -0.4 is 20.7 Å². The standard InChI is InChI=1S/C22H27N3O2/c1-25-18-13-17(19(27-2)11-15(18)12-20(25)26)21(23)16-9-6-10-24-22(16)14-7-4-3-5-8-14/h3-5,7-8,11,13,16,21-22,24H,6,9-10,12,23H2,1-2H3. The number of anilines is 1. The number of carbonyl (C=O) groups excluding carboxylic acids is 1. The molecule has 1 fully saturated rings. The van der Waals surface area contributed by atoms with Crippen LogP contribution in [0.25, 0.3) is 0 Å². The highest BCUT2D eigenvalue weighted by Crippen LogP contribution is 2.43. The van der Waals surface area contributed by atoms with Gasteiger partial charge in [0.25, 0.3) is 0 Å². The minimum absolute atomic E-state index is 0.110. The van der Waals surface area contributed by atoms with Gasteiger partial charge in [-0.2, -0.15) is 0 Å². The molecule has 0 radical (unpaired) electrons. The molecule has 0 saturated carbocycles. The summed E-state index contributed by atoms with van der Waals surface area (Å²) in [7, 11) is 3.50. The van der Waals surface area contributed by atoms with Crippen molar-refractivity contribution in [3.8, 4) is 5.75 Å². The number of ether oxygens (including phenoxy) is 1. The first-order valence-corrected chi connectivity index (χ1v) is 9.61. The van der Waals surface area contributed by atoms with Gasteiger partial charge in [-0.25, -0.2) is 0 Å². The summed E-state index contributed by atoms with van der Waals surface area (Å²) in [4.78, 5) is 13.8. The molecule has 3 N–H and O–H groups in total. The summed E-state index contributed by atoms with van der Waals surface area (Å²) in [6.45, 7) is 1.00. The summed E-state index contributed by atoms with van der Waals surface area (Å²) in [5.74, 6) is 1.15. The fourth-order valence-corrected chi connectivity index (χ4v) is 4.49. The number of nitrogens with two attached hydrogens (primary N) is 1. The first-order valence-electron chi connectivity index (χ1n) is 9.61. The maximum absolute atomic E-state index is 12.1. The minimum atomic E-state index is -0.174. The van der Waals surface area contributed by atoms with Gasteiger partial charge in [0.1, 0.15) is 5.75 Å². The van der Waals surface area contributed by atoms with Crippen LogP contribution >= 0.6 is 0 Å². The maximum atomic E-state index is 12.1. The van der Waals surface area contributed by atoms with E-state index in [1.807, 2.05) is 19.2 Å². The van der Waals surface area contributed by atoms with E-state index in [-0.39, 0.29) is 23.9 Å². The molecule has 4 rings (SSSR count). The summed E-state index contributed by atoms with van der Waals surface area (Å²) >= 11 is 0. The molecule has 2 aliphatic heterocycles. The predicted molar refractivity (Wildman–Crippen MR) is 107 cm³/mol. The lowest BCUT2D eigenvalue weighted by Crippen LogP contribution is -2.39. The van der Waals surface area contributed by atoms with Crippen molar-refractivity contribution < 1.29 is 9.53 Å². The van der Waals surface area contributed by atoms with E-state index in [0.717, 1.165) is 42.0 Å². The highest BCUT2D eigenvalue weighted by atomic mass is 16.5. The molecule has 2 aromatic carbocycles. The molecule has 1 saturated heterocycles. The lowest BCUT2D eigenvalue weighted by molar-refractivity contribution is -0.117. The van der Waals surface area contributed by atoms with Crippen LogP contribution in [0, 0.1) is 5.92 Å². The molecule has 0 aromatic heterocycles. The molecule has 3 atom stereocenters. The van der Waals surface area contributed by atoms with Crippen molar-refractivity contribution in [3.05, 3.63) is 59.2 Å². The second-order valence-electron chi connectivity index (χ2n) is 7.53. The molecule has 5 heteroatoms. The van der Waals surface area contributed by atoms with Gasteiger partial charge in [-0.3, -0.25) is 4.79 Å². The molecule has 3 unspecified atom stereocenters. The van der Waals surface area contributed by atoms with E-state index >= 15 is 0 Å². The SMILES string of the molecule is COc1cc2c(cc1C(N)C1CCCNC1c1ccccc1)N(C)C(=O)C2. The Bertz CT molecular complexity index is 837. The fraction of sp³-hybridized carbons (Fsp3) is 0.409. The molecular formula is C22H27N3O2. The van der Waals surface area contributed by atoms with Crippen LogP contribution in [-0.2, 0) is 11.2 Å². The Hall–Kier alpha value is -2.37. The zero-order valence-electron chi connectivity index (χ0n) is 15.9. The number of carbonyl (C=O) groups is 1. The van der Waals surface area contributed by atoms with Gasteiger partial charge < -0.3 is 20.7 Å². The van der Waals surface area contributed by atoms with Gasteiger partial charge >= 0.3 is 0 Å². The summed E-state index contributed by atoms with van der Waals surface area (Å²) in [5.41, 5.74) is 11.0. The third-order valence-corrected chi connectivity index (χ3v) is 5.99. The molecule has 2 heterocycles. The van der Waals surface area contributed by atoms with E-state index in [0.29, 0.717) is 6.42 Å². The Labute approximate surface area is 160 Å². The number of nitrogens with one attached hydrogen (secondary N) is 1. The van der Waals surface area contributed by atoms with E-state index < -0.39 is 0 Å². The van der Waals surface area contributed by atoms with Crippen molar-refractivity contribution in [1.29, 1.82) is 0 Å². The maximum Gasteiger partial charge on any atom is 0.231 e. The summed E-state index contributed by atoms with van der Waals surface area (Å²) < 4.78 is 5.66. The molecule has 142 valence electrons. The van der Waals surface area contributed by atoms with Gasteiger partial charge in [0.15, 0.2) is 0 Å². The highest BCUT2D eigenvalue weighted by Gasteiger charge is 2.34. The van der Waals surface area contributed by atoms with Crippen LogP contribution in [0.1, 0.15) is 41.6 Å². The number of likely N-dealkylation sites (N-methyl/N-ethyl adjacent to an activating group) is 1.